The highest BCUT2D eigenvalue weighted by atomic mass is 16.1. The molecule has 0 N–H and O–H groups in total. The summed E-state index contributed by atoms with van der Waals surface area (Å²) in [5.41, 5.74) is 4.55. The van der Waals surface area contributed by atoms with Gasteiger partial charge in [-0.3, -0.25) is 9.59 Å². The van der Waals surface area contributed by atoms with Crippen LogP contribution in [0.5, 0.6) is 0 Å². The van der Waals surface area contributed by atoms with Gasteiger partial charge in [-0.25, -0.2) is 0 Å². The largest absolute Gasteiger partial charge is 0.295 e. The molecule has 1 aromatic carbocycles. The Morgan fingerprint density at radius 3 is 2.00 bits per heavy atom. The molecule has 0 aliphatic heterocycles. The minimum Gasteiger partial charge on any atom is -0.295 e. The van der Waals surface area contributed by atoms with Crippen LogP contribution in [0.4, 0.5) is 0 Å². The van der Waals surface area contributed by atoms with E-state index in [-0.39, 0.29) is 11.6 Å². The number of carbonyl (C=O) groups excluding carboxylic acids is 2. The molecule has 0 spiro atoms. The van der Waals surface area contributed by atoms with Crippen molar-refractivity contribution in [2.45, 2.75) is 61.3 Å². The predicted molar refractivity (Wildman–Crippen MR) is 115 cm³/mol. The summed E-state index contributed by atoms with van der Waals surface area (Å²) >= 11 is 0. The quantitative estimate of drug-likeness (QED) is 0.435. The van der Waals surface area contributed by atoms with Crippen LogP contribution in [0.3, 0.4) is 0 Å². The average molecular weight is 367 g/mol. The molecule has 0 amide bonds. The monoisotopic (exact) mass is 366 g/mol. The van der Waals surface area contributed by atoms with E-state index in [0.29, 0.717) is 11.3 Å². The van der Waals surface area contributed by atoms with Gasteiger partial charge in [-0.05, 0) is 81.6 Å². The fourth-order valence-corrected chi connectivity index (χ4v) is 2.95. The van der Waals surface area contributed by atoms with Gasteiger partial charge in [0.25, 0.3) is 0 Å². The van der Waals surface area contributed by atoms with Crippen molar-refractivity contribution in [1.82, 2.24) is 0 Å². The summed E-state index contributed by atoms with van der Waals surface area (Å²) in [5, 5.41) is 0. The smallest absolute Gasteiger partial charge is 0.155 e. The summed E-state index contributed by atoms with van der Waals surface area (Å²) in [6.07, 6.45) is 8.50. The van der Waals surface area contributed by atoms with Crippen LogP contribution in [0.15, 0.2) is 59.2 Å². The molecule has 0 radical (unpaired) electrons. The molecule has 0 aromatic heterocycles. The van der Waals surface area contributed by atoms with E-state index in [9.17, 15) is 9.59 Å². The van der Waals surface area contributed by atoms with Crippen LogP contribution in [0, 0.1) is 11.3 Å². The highest BCUT2D eigenvalue weighted by Crippen LogP contribution is 2.44. The van der Waals surface area contributed by atoms with Crippen molar-refractivity contribution >= 4 is 17.6 Å². The molecule has 0 saturated carbocycles. The topological polar surface area (TPSA) is 34.1 Å². The predicted octanol–water partition coefficient (Wildman–Crippen LogP) is 6.58. The maximum atomic E-state index is 11.1. The van der Waals surface area contributed by atoms with Crippen molar-refractivity contribution in [1.29, 1.82) is 0 Å². The molecule has 0 fully saturated rings. The normalized spacial score (nSPS) is 19.1. The summed E-state index contributed by atoms with van der Waals surface area (Å²) in [7, 11) is 0. The lowest BCUT2D eigenvalue weighted by atomic mass is 9.76. The molecule has 0 bridgehead atoms. The second-order valence-corrected chi connectivity index (χ2v) is 8.01. The molecule has 146 valence electrons. The van der Waals surface area contributed by atoms with E-state index in [0.717, 1.165) is 29.6 Å². The zero-order valence-corrected chi connectivity index (χ0v) is 17.9. The lowest BCUT2D eigenvalue weighted by Crippen LogP contribution is -2.19. The van der Waals surface area contributed by atoms with Crippen molar-refractivity contribution < 1.29 is 9.59 Å². The van der Waals surface area contributed by atoms with Crippen LogP contribution in [-0.2, 0) is 9.59 Å². The number of allylic oxidation sites excluding steroid dienone is 5. The molecular weight excluding hydrogens is 332 g/mol. The third-order valence-corrected chi connectivity index (χ3v) is 5.75. The Kier molecular flexibility index (Phi) is 8.62. The molecule has 0 heterocycles. The zero-order chi connectivity index (χ0) is 20.6. The van der Waals surface area contributed by atoms with Crippen LogP contribution in [0.1, 0.15) is 66.9 Å². The van der Waals surface area contributed by atoms with Gasteiger partial charge in [-0.1, -0.05) is 61.9 Å². The van der Waals surface area contributed by atoms with E-state index in [4.69, 9.17) is 0 Å². The molecule has 1 aromatic rings. The standard InChI is InChI=1S/C14H22O.C11H12O/c1-10(12(3)15)6-8-13-9-7-11(2)14(13,4)5;1-9(10(2)12)8-11-6-4-3-5-7-11/h6-7,13H,8-9H2,1-5H3;3-8H,1-2H3. The van der Waals surface area contributed by atoms with Gasteiger partial charge in [-0.15, -0.1) is 0 Å². The molecule has 1 atom stereocenters. The Morgan fingerprint density at radius 1 is 1.00 bits per heavy atom. The minimum atomic E-state index is 0.124. The van der Waals surface area contributed by atoms with E-state index in [1.807, 2.05) is 50.3 Å². The van der Waals surface area contributed by atoms with Gasteiger partial charge in [0.05, 0.1) is 0 Å². The summed E-state index contributed by atoms with van der Waals surface area (Å²) < 4.78 is 0. The SMILES string of the molecule is CC(=O)C(C)=CCC1CC=C(C)C1(C)C.CC(=O)C(C)=Cc1ccccc1. The molecule has 2 heteroatoms. The molecule has 2 nitrogen and oxygen atoms in total. The Bertz CT molecular complexity index is 746. The fourth-order valence-electron chi connectivity index (χ4n) is 2.95. The molecular formula is C25H34O2. The van der Waals surface area contributed by atoms with Gasteiger partial charge in [0, 0.05) is 0 Å². The van der Waals surface area contributed by atoms with Gasteiger partial charge in [0.15, 0.2) is 11.6 Å². The molecule has 1 unspecified atom stereocenters. The van der Waals surface area contributed by atoms with E-state index < -0.39 is 0 Å². The van der Waals surface area contributed by atoms with Gasteiger partial charge < -0.3 is 0 Å². The second-order valence-electron chi connectivity index (χ2n) is 8.01. The lowest BCUT2D eigenvalue weighted by Gasteiger charge is -2.29. The first-order chi connectivity index (χ1) is 12.6. The zero-order valence-electron chi connectivity index (χ0n) is 17.9. The van der Waals surface area contributed by atoms with Crippen molar-refractivity contribution in [2.24, 2.45) is 11.3 Å². The second kappa shape index (κ2) is 10.2. The van der Waals surface area contributed by atoms with Crippen molar-refractivity contribution in [3.8, 4) is 0 Å². The fraction of sp³-hybridized carbons (Fsp3) is 0.440. The molecule has 1 aliphatic rings. The first kappa shape index (κ1) is 22.8. The number of Topliss-reactive ketones (excluding diaryl/α,β-unsaturated/α-hetero) is 2. The number of ketones is 2. The van der Waals surface area contributed by atoms with Crippen LogP contribution in [0.25, 0.3) is 6.08 Å². The van der Waals surface area contributed by atoms with Crippen LogP contribution in [0.2, 0.25) is 0 Å². The van der Waals surface area contributed by atoms with E-state index in [1.165, 1.54) is 5.57 Å². The van der Waals surface area contributed by atoms with Gasteiger partial charge in [0.1, 0.15) is 0 Å². The molecule has 0 saturated heterocycles. The third kappa shape index (κ3) is 7.13. The number of benzene rings is 1. The summed E-state index contributed by atoms with van der Waals surface area (Å²) in [6.45, 7) is 13.8. The minimum absolute atomic E-state index is 0.124. The van der Waals surface area contributed by atoms with E-state index in [1.54, 1.807) is 13.8 Å². The Morgan fingerprint density at radius 2 is 1.56 bits per heavy atom. The van der Waals surface area contributed by atoms with Crippen molar-refractivity contribution in [2.75, 3.05) is 0 Å². The van der Waals surface area contributed by atoms with E-state index >= 15 is 0 Å². The number of carbonyl (C=O) groups is 2. The Balaban J connectivity index is 0.000000277. The molecule has 2 rings (SSSR count). The van der Waals surface area contributed by atoms with Crippen LogP contribution < -0.4 is 0 Å². The van der Waals surface area contributed by atoms with Crippen LogP contribution in [-0.4, -0.2) is 11.6 Å². The maximum absolute atomic E-state index is 11.1. The van der Waals surface area contributed by atoms with Crippen LogP contribution >= 0.6 is 0 Å². The lowest BCUT2D eigenvalue weighted by molar-refractivity contribution is -0.114. The van der Waals surface area contributed by atoms with Gasteiger partial charge in [0.2, 0.25) is 0 Å². The first-order valence-corrected chi connectivity index (χ1v) is 9.65. The Hall–Kier alpha value is -2.22. The maximum Gasteiger partial charge on any atom is 0.155 e. The van der Waals surface area contributed by atoms with Crippen molar-refractivity contribution in [3.63, 3.8) is 0 Å². The number of hydrogen-bond donors (Lipinski definition) is 0. The molecule has 1 aliphatic carbocycles. The highest BCUT2D eigenvalue weighted by molar-refractivity contribution is 5.97. The van der Waals surface area contributed by atoms with Gasteiger partial charge >= 0.3 is 0 Å². The summed E-state index contributed by atoms with van der Waals surface area (Å²) in [5.74, 6) is 0.973. The van der Waals surface area contributed by atoms with Gasteiger partial charge in [-0.2, -0.15) is 0 Å². The highest BCUT2D eigenvalue weighted by Gasteiger charge is 2.33. The Labute approximate surface area is 165 Å². The number of hydrogen-bond acceptors (Lipinski definition) is 2. The first-order valence-electron chi connectivity index (χ1n) is 9.65. The average Bonchev–Trinajstić information content (AvgIpc) is 2.87. The third-order valence-electron chi connectivity index (χ3n) is 5.75. The molecule has 27 heavy (non-hydrogen) atoms. The summed E-state index contributed by atoms with van der Waals surface area (Å²) in [4.78, 5) is 22.0. The number of rotatable bonds is 5. The van der Waals surface area contributed by atoms with Crippen molar-refractivity contribution in [3.05, 3.63) is 64.8 Å². The summed E-state index contributed by atoms with van der Waals surface area (Å²) in [6, 6.07) is 9.83. The van der Waals surface area contributed by atoms with E-state index in [2.05, 4.69) is 32.9 Å².